The number of methoxy groups -OCH3 is 2. The number of rotatable bonds is 6. The summed E-state index contributed by atoms with van der Waals surface area (Å²) in [4.78, 5) is 41.2. The Morgan fingerprint density at radius 1 is 1.03 bits per heavy atom. The third-order valence-electron chi connectivity index (χ3n) is 4.56. The number of carbonyl (C=O) groups excluding carboxylic acids is 3. The minimum atomic E-state index is -0.759. The summed E-state index contributed by atoms with van der Waals surface area (Å²) in [5, 5.41) is 10.1. The number of anilines is 1. The van der Waals surface area contributed by atoms with Gasteiger partial charge in [0.1, 0.15) is 5.57 Å². The normalized spacial score (nSPS) is 15.7. The Morgan fingerprint density at radius 2 is 1.71 bits per heavy atom. The lowest BCUT2D eigenvalue weighted by molar-refractivity contribution is -0.129. The Kier molecular flexibility index (Phi) is 7.14. The number of carbonyl (C=O) groups is 3. The molecule has 0 aliphatic carbocycles. The van der Waals surface area contributed by atoms with Crippen LogP contribution in [-0.2, 0) is 14.3 Å². The first-order valence-electron chi connectivity index (χ1n) is 9.02. The predicted octanol–water partition coefficient (Wildman–Crippen LogP) is 3.95. The molecule has 1 aliphatic heterocycles. The molecule has 2 aromatic rings. The number of phenolic OH excluding ortho intramolecular Hbond substituents is 1. The number of amides is 4. The number of barbiturate groups is 1. The second-order valence-corrected chi connectivity index (χ2v) is 8.00. The lowest BCUT2D eigenvalue weighted by Gasteiger charge is -2.33. The first-order valence-corrected chi connectivity index (χ1v) is 10.6. The summed E-state index contributed by atoms with van der Waals surface area (Å²) in [6.45, 7) is 0.0930. The van der Waals surface area contributed by atoms with Crippen LogP contribution in [0, 0.1) is 0 Å². The lowest BCUT2D eigenvalue weighted by atomic mass is 10.0. The molecule has 8 nitrogen and oxygen atoms in total. The molecule has 31 heavy (non-hydrogen) atoms. The van der Waals surface area contributed by atoms with E-state index in [1.54, 1.807) is 30.3 Å². The van der Waals surface area contributed by atoms with Gasteiger partial charge in [0.25, 0.3) is 11.8 Å². The van der Waals surface area contributed by atoms with Crippen molar-refractivity contribution in [2.24, 2.45) is 0 Å². The van der Waals surface area contributed by atoms with Crippen molar-refractivity contribution < 1.29 is 29.0 Å². The molecular formula is C21H18Br2N2O6. The fourth-order valence-electron chi connectivity index (χ4n) is 2.99. The maximum absolute atomic E-state index is 13.2. The van der Waals surface area contributed by atoms with Crippen molar-refractivity contribution in [3.63, 3.8) is 0 Å². The number of hydrogen-bond donors (Lipinski definition) is 1. The zero-order chi connectivity index (χ0) is 22.7. The SMILES string of the molecule is COCCN1C(=O)/C(=C/c2cc(OC)c(O)c(Br)c2Br)C(=O)N(c2ccccc2)C1=O. The summed E-state index contributed by atoms with van der Waals surface area (Å²) in [7, 11) is 2.83. The van der Waals surface area contributed by atoms with Crippen LogP contribution in [0.5, 0.6) is 11.5 Å². The van der Waals surface area contributed by atoms with Crippen LogP contribution >= 0.6 is 31.9 Å². The first-order chi connectivity index (χ1) is 14.8. The van der Waals surface area contributed by atoms with E-state index in [-0.39, 0.29) is 30.2 Å². The van der Waals surface area contributed by atoms with Crippen LogP contribution in [0.3, 0.4) is 0 Å². The maximum Gasteiger partial charge on any atom is 0.338 e. The summed E-state index contributed by atoms with van der Waals surface area (Å²) in [6.07, 6.45) is 1.35. The number of hydrogen-bond acceptors (Lipinski definition) is 6. The molecule has 0 aromatic heterocycles. The fraction of sp³-hybridized carbons (Fsp3) is 0.190. The van der Waals surface area contributed by atoms with Gasteiger partial charge in [-0.15, -0.1) is 0 Å². The summed E-state index contributed by atoms with van der Waals surface area (Å²) in [5.74, 6) is -1.50. The van der Waals surface area contributed by atoms with Gasteiger partial charge in [0.15, 0.2) is 11.5 Å². The highest BCUT2D eigenvalue weighted by atomic mass is 79.9. The molecule has 10 heteroatoms. The topological polar surface area (TPSA) is 96.4 Å². The van der Waals surface area contributed by atoms with Crippen molar-refractivity contribution in [3.8, 4) is 11.5 Å². The number of ether oxygens (including phenoxy) is 2. The summed E-state index contributed by atoms with van der Waals surface area (Å²) < 4.78 is 10.9. The van der Waals surface area contributed by atoms with E-state index in [0.717, 1.165) is 9.80 Å². The Morgan fingerprint density at radius 3 is 2.32 bits per heavy atom. The second kappa shape index (κ2) is 9.63. The van der Waals surface area contributed by atoms with E-state index in [2.05, 4.69) is 31.9 Å². The number of para-hydroxylation sites is 1. The largest absolute Gasteiger partial charge is 0.503 e. The van der Waals surface area contributed by atoms with Gasteiger partial charge in [0, 0.05) is 11.6 Å². The van der Waals surface area contributed by atoms with E-state index in [9.17, 15) is 19.5 Å². The Balaban J connectivity index is 2.16. The minimum Gasteiger partial charge on any atom is -0.503 e. The van der Waals surface area contributed by atoms with Crippen molar-refractivity contribution in [3.05, 3.63) is 56.5 Å². The number of nitrogens with zero attached hydrogens (tertiary/aromatic N) is 2. The number of phenols is 1. The van der Waals surface area contributed by atoms with Gasteiger partial charge < -0.3 is 14.6 Å². The molecule has 1 heterocycles. The molecule has 4 amide bonds. The van der Waals surface area contributed by atoms with Crippen LogP contribution in [0.4, 0.5) is 10.5 Å². The van der Waals surface area contributed by atoms with Crippen molar-refractivity contribution in [1.82, 2.24) is 4.90 Å². The molecular weight excluding hydrogens is 536 g/mol. The average Bonchev–Trinajstić information content (AvgIpc) is 2.77. The maximum atomic E-state index is 13.2. The van der Waals surface area contributed by atoms with E-state index < -0.39 is 17.8 Å². The van der Waals surface area contributed by atoms with Crippen LogP contribution in [0.2, 0.25) is 0 Å². The molecule has 0 spiro atoms. The van der Waals surface area contributed by atoms with Crippen LogP contribution in [-0.4, -0.2) is 55.2 Å². The van der Waals surface area contributed by atoms with E-state index in [4.69, 9.17) is 9.47 Å². The molecule has 1 aliphatic rings. The van der Waals surface area contributed by atoms with E-state index in [0.29, 0.717) is 20.2 Å². The smallest absolute Gasteiger partial charge is 0.338 e. The molecule has 0 bridgehead atoms. The van der Waals surface area contributed by atoms with Gasteiger partial charge in [-0.2, -0.15) is 0 Å². The fourth-order valence-corrected chi connectivity index (χ4v) is 3.83. The van der Waals surface area contributed by atoms with Gasteiger partial charge in [0.2, 0.25) is 0 Å². The van der Waals surface area contributed by atoms with Crippen molar-refractivity contribution in [2.75, 3.05) is 32.3 Å². The monoisotopic (exact) mass is 552 g/mol. The Bertz CT molecular complexity index is 1070. The van der Waals surface area contributed by atoms with Crippen molar-refractivity contribution in [1.29, 1.82) is 0 Å². The Labute approximate surface area is 195 Å². The molecule has 0 unspecified atom stereocenters. The summed E-state index contributed by atoms with van der Waals surface area (Å²) in [6, 6.07) is 9.06. The van der Waals surface area contributed by atoms with Crippen molar-refractivity contribution in [2.45, 2.75) is 0 Å². The Hall–Kier alpha value is -2.69. The molecule has 1 fully saturated rings. The van der Waals surface area contributed by atoms with Crippen LogP contribution in [0.1, 0.15) is 5.56 Å². The highest BCUT2D eigenvalue weighted by molar-refractivity contribution is 9.13. The van der Waals surface area contributed by atoms with Crippen LogP contribution < -0.4 is 9.64 Å². The van der Waals surface area contributed by atoms with Crippen LogP contribution in [0.15, 0.2) is 50.9 Å². The first kappa shape index (κ1) is 23.0. The number of imide groups is 2. The molecule has 162 valence electrons. The second-order valence-electron chi connectivity index (χ2n) is 6.41. The zero-order valence-corrected chi connectivity index (χ0v) is 19.8. The van der Waals surface area contributed by atoms with Gasteiger partial charge in [-0.25, -0.2) is 9.69 Å². The third-order valence-corrected chi connectivity index (χ3v) is 6.72. The molecule has 1 saturated heterocycles. The van der Waals surface area contributed by atoms with Crippen molar-refractivity contribution >= 4 is 61.5 Å². The molecule has 3 rings (SSSR count). The van der Waals surface area contributed by atoms with E-state index in [1.807, 2.05) is 0 Å². The van der Waals surface area contributed by atoms with Crippen LogP contribution in [0.25, 0.3) is 6.08 Å². The molecule has 0 saturated carbocycles. The predicted molar refractivity (Wildman–Crippen MR) is 121 cm³/mol. The van der Waals surface area contributed by atoms with E-state index >= 15 is 0 Å². The molecule has 0 radical (unpaired) electrons. The lowest BCUT2D eigenvalue weighted by Crippen LogP contribution is -2.57. The zero-order valence-electron chi connectivity index (χ0n) is 16.6. The molecule has 1 N–H and O–H groups in total. The number of aromatic hydroxyl groups is 1. The summed E-state index contributed by atoms with van der Waals surface area (Å²) in [5.41, 5.74) is 0.508. The average molecular weight is 554 g/mol. The summed E-state index contributed by atoms with van der Waals surface area (Å²) >= 11 is 6.60. The minimum absolute atomic E-state index is 0.0219. The number of halogens is 2. The highest BCUT2D eigenvalue weighted by Gasteiger charge is 2.42. The number of benzene rings is 2. The molecule has 2 aromatic carbocycles. The van der Waals surface area contributed by atoms with E-state index in [1.165, 1.54) is 26.4 Å². The highest BCUT2D eigenvalue weighted by Crippen LogP contribution is 2.42. The quantitative estimate of drug-likeness (QED) is 0.430. The van der Waals surface area contributed by atoms with Gasteiger partial charge in [-0.3, -0.25) is 14.5 Å². The molecule has 0 atom stereocenters. The standard InChI is InChI=1S/C21H18Br2N2O6/c1-30-9-8-24-19(27)14(10-12-11-15(31-2)18(26)17(23)16(12)22)20(28)25(21(24)29)13-6-4-3-5-7-13/h3-7,10-11,26H,8-9H2,1-2H3/b14-10-. The third kappa shape index (κ3) is 4.36. The number of urea groups is 1. The van der Waals surface area contributed by atoms with Gasteiger partial charge in [-0.1, -0.05) is 18.2 Å². The van der Waals surface area contributed by atoms with Gasteiger partial charge in [0.05, 0.1) is 30.4 Å². The van der Waals surface area contributed by atoms with Gasteiger partial charge >= 0.3 is 6.03 Å². The van der Waals surface area contributed by atoms with Gasteiger partial charge in [-0.05, 0) is 61.7 Å².